The van der Waals surface area contributed by atoms with Crippen LogP contribution in [0, 0.1) is 17.5 Å². The van der Waals surface area contributed by atoms with Crippen LogP contribution in [0.4, 0.5) is 18.0 Å². The Kier molecular flexibility index (Phi) is 10.9. The lowest BCUT2D eigenvalue weighted by Crippen LogP contribution is -2.39. The number of halogens is 3. The molecule has 4 aromatic carbocycles. The minimum atomic E-state index is -1.61. The fraction of sp³-hybridized carbons (Fsp3) is 0.219. The smallest absolute Gasteiger partial charge is 0.408 e. The van der Waals surface area contributed by atoms with Gasteiger partial charge in [-0.1, -0.05) is 91.0 Å². The summed E-state index contributed by atoms with van der Waals surface area (Å²) < 4.78 is 44.4. The van der Waals surface area contributed by atoms with Gasteiger partial charge in [-0.25, -0.2) is 18.0 Å². The Hall–Kier alpha value is -3.67. The molecule has 2 N–H and O–H groups in total. The minimum Gasteiger partial charge on any atom is -0.444 e. The number of benzene rings is 4. The SMILES string of the molecule is C[C@H](O)[C@H](NC(=O)OC(C)(C)C)c1cc(F)c(F)c(F)c1.c1ccc(P(c2ccccc2)c2ccccc2)cc1. The van der Waals surface area contributed by atoms with Gasteiger partial charge in [-0.3, -0.25) is 0 Å². The highest BCUT2D eigenvalue weighted by molar-refractivity contribution is 7.79. The van der Waals surface area contributed by atoms with Crippen molar-refractivity contribution in [2.45, 2.75) is 45.4 Å². The van der Waals surface area contributed by atoms with E-state index in [0.717, 1.165) is 0 Å². The molecule has 0 aliphatic heterocycles. The standard InChI is InChI=1S/C18H15P.C14H18F3NO3/c1-4-10-16(11-5-1)19(17-12-6-2-7-13-17)18-14-8-3-9-15-18;1-7(19)12(18-13(20)21-14(2,3)4)8-5-9(15)11(17)10(16)6-8/h1-15H;5-7,12,19H,1-4H3,(H,18,20)/t;7-,12-/m.0/s1. The normalized spacial score (nSPS) is 12.6. The maximum absolute atomic E-state index is 13.2. The minimum absolute atomic E-state index is 0.104. The van der Waals surface area contributed by atoms with Gasteiger partial charge in [0.15, 0.2) is 17.5 Å². The third-order valence-corrected chi connectivity index (χ3v) is 8.01. The predicted octanol–water partition coefficient (Wildman–Crippen LogP) is 6.50. The Bertz CT molecular complexity index is 1250. The van der Waals surface area contributed by atoms with Gasteiger partial charge < -0.3 is 15.2 Å². The molecule has 40 heavy (non-hydrogen) atoms. The Labute approximate surface area is 234 Å². The molecule has 0 heterocycles. The molecule has 210 valence electrons. The Morgan fingerprint density at radius 2 is 1.15 bits per heavy atom. The molecule has 0 fully saturated rings. The number of hydrogen-bond donors (Lipinski definition) is 2. The van der Waals surface area contributed by atoms with Crippen LogP contribution in [0.3, 0.4) is 0 Å². The lowest BCUT2D eigenvalue weighted by Gasteiger charge is -2.25. The number of carbonyl (C=O) groups is 1. The molecule has 0 bridgehead atoms. The average Bonchev–Trinajstić information content (AvgIpc) is 2.91. The van der Waals surface area contributed by atoms with Gasteiger partial charge >= 0.3 is 6.09 Å². The number of hydrogen-bond acceptors (Lipinski definition) is 3. The molecule has 0 aromatic heterocycles. The second-order valence-corrected chi connectivity index (χ2v) is 12.2. The topological polar surface area (TPSA) is 58.6 Å². The van der Waals surface area contributed by atoms with Gasteiger partial charge in [0, 0.05) is 0 Å². The maximum Gasteiger partial charge on any atom is 0.408 e. The average molecular weight is 568 g/mol. The van der Waals surface area contributed by atoms with Crippen LogP contribution in [0.2, 0.25) is 0 Å². The fourth-order valence-corrected chi connectivity index (χ4v) is 6.16. The van der Waals surface area contributed by atoms with Crippen LogP contribution in [0.5, 0.6) is 0 Å². The first-order valence-electron chi connectivity index (χ1n) is 12.7. The molecule has 4 nitrogen and oxygen atoms in total. The van der Waals surface area contributed by atoms with Crippen molar-refractivity contribution in [3.8, 4) is 0 Å². The molecule has 4 rings (SSSR count). The molecule has 0 saturated carbocycles. The molecule has 4 aromatic rings. The number of amides is 1. The third-order valence-electron chi connectivity index (χ3n) is 5.56. The van der Waals surface area contributed by atoms with Crippen molar-refractivity contribution in [1.29, 1.82) is 0 Å². The summed E-state index contributed by atoms with van der Waals surface area (Å²) in [6.07, 6.45) is -2.03. The highest BCUT2D eigenvalue weighted by atomic mass is 31.1. The summed E-state index contributed by atoms with van der Waals surface area (Å²) in [5.41, 5.74) is -0.876. The summed E-state index contributed by atoms with van der Waals surface area (Å²) in [5.74, 6) is -4.41. The van der Waals surface area contributed by atoms with Crippen molar-refractivity contribution in [2.75, 3.05) is 0 Å². The second kappa shape index (κ2) is 14.1. The number of aliphatic hydroxyl groups is 1. The molecule has 0 aliphatic rings. The van der Waals surface area contributed by atoms with Gasteiger partial charge in [-0.2, -0.15) is 0 Å². The third kappa shape index (κ3) is 8.94. The van der Waals surface area contributed by atoms with Crippen molar-refractivity contribution in [3.63, 3.8) is 0 Å². The van der Waals surface area contributed by atoms with E-state index in [1.165, 1.54) is 22.8 Å². The monoisotopic (exact) mass is 567 g/mol. The summed E-state index contributed by atoms with van der Waals surface area (Å²) in [6.45, 7) is 6.24. The Balaban J connectivity index is 0.000000221. The van der Waals surface area contributed by atoms with Crippen molar-refractivity contribution in [2.24, 2.45) is 0 Å². The van der Waals surface area contributed by atoms with E-state index in [4.69, 9.17) is 4.74 Å². The Morgan fingerprint density at radius 3 is 1.48 bits per heavy atom. The molecular weight excluding hydrogens is 534 g/mol. The van der Waals surface area contributed by atoms with Crippen LogP contribution in [0.25, 0.3) is 0 Å². The number of nitrogens with one attached hydrogen (secondary N) is 1. The van der Waals surface area contributed by atoms with E-state index in [1.54, 1.807) is 20.8 Å². The van der Waals surface area contributed by atoms with Crippen molar-refractivity contribution < 1.29 is 27.8 Å². The highest BCUT2D eigenvalue weighted by Gasteiger charge is 2.25. The van der Waals surface area contributed by atoms with Crippen LogP contribution < -0.4 is 21.2 Å². The predicted molar refractivity (Wildman–Crippen MR) is 155 cm³/mol. The number of aliphatic hydroxyl groups excluding tert-OH is 1. The van der Waals surface area contributed by atoms with Crippen LogP contribution >= 0.6 is 7.92 Å². The van der Waals surface area contributed by atoms with Gasteiger partial charge in [0.1, 0.15) is 5.60 Å². The van der Waals surface area contributed by atoms with Crippen LogP contribution in [0.15, 0.2) is 103 Å². The van der Waals surface area contributed by atoms with E-state index >= 15 is 0 Å². The summed E-state index contributed by atoms with van der Waals surface area (Å²) in [5, 5.41) is 16.1. The van der Waals surface area contributed by atoms with Gasteiger partial charge in [0.25, 0.3) is 0 Å². The summed E-state index contributed by atoms with van der Waals surface area (Å²) in [6, 6.07) is 32.6. The summed E-state index contributed by atoms with van der Waals surface area (Å²) in [7, 11) is -0.446. The number of carbonyl (C=O) groups excluding carboxylic acids is 1. The molecule has 0 saturated heterocycles. The van der Waals surface area contributed by atoms with E-state index in [-0.39, 0.29) is 5.56 Å². The van der Waals surface area contributed by atoms with Crippen LogP contribution in [-0.4, -0.2) is 22.9 Å². The van der Waals surface area contributed by atoms with E-state index in [1.807, 2.05) is 0 Å². The first kappa shape index (κ1) is 30.9. The maximum atomic E-state index is 13.2. The number of rotatable bonds is 6. The lowest BCUT2D eigenvalue weighted by molar-refractivity contribution is 0.0435. The first-order valence-corrected chi connectivity index (χ1v) is 14.1. The van der Waals surface area contributed by atoms with Crippen molar-refractivity contribution >= 4 is 29.9 Å². The summed E-state index contributed by atoms with van der Waals surface area (Å²) in [4.78, 5) is 11.7. The van der Waals surface area contributed by atoms with Crippen LogP contribution in [0.1, 0.15) is 39.3 Å². The van der Waals surface area contributed by atoms with E-state index < -0.39 is 49.2 Å². The van der Waals surface area contributed by atoms with E-state index in [9.17, 15) is 23.1 Å². The largest absolute Gasteiger partial charge is 0.444 e. The number of alkyl carbamates (subject to hydrolysis) is 1. The molecule has 8 heteroatoms. The van der Waals surface area contributed by atoms with Gasteiger partial charge in [-0.15, -0.1) is 0 Å². The molecular formula is C32H33F3NO3P. The van der Waals surface area contributed by atoms with Crippen LogP contribution in [-0.2, 0) is 4.74 Å². The Morgan fingerprint density at radius 1 is 0.775 bits per heavy atom. The highest BCUT2D eigenvalue weighted by Crippen LogP contribution is 2.32. The van der Waals surface area contributed by atoms with E-state index in [2.05, 4.69) is 96.3 Å². The zero-order valence-corrected chi connectivity index (χ0v) is 23.7. The lowest BCUT2D eigenvalue weighted by atomic mass is 10.0. The summed E-state index contributed by atoms with van der Waals surface area (Å²) >= 11 is 0. The molecule has 2 atom stereocenters. The zero-order valence-electron chi connectivity index (χ0n) is 22.8. The van der Waals surface area contributed by atoms with Gasteiger partial charge in [0.2, 0.25) is 0 Å². The molecule has 0 aliphatic carbocycles. The zero-order chi connectivity index (χ0) is 29.3. The van der Waals surface area contributed by atoms with E-state index in [0.29, 0.717) is 12.1 Å². The second-order valence-electron chi connectivity index (χ2n) is 10.0. The molecule has 0 unspecified atom stereocenters. The van der Waals surface area contributed by atoms with Crippen molar-refractivity contribution in [1.82, 2.24) is 5.32 Å². The van der Waals surface area contributed by atoms with Gasteiger partial charge in [0.05, 0.1) is 12.1 Å². The molecule has 1 amide bonds. The van der Waals surface area contributed by atoms with Crippen molar-refractivity contribution in [3.05, 3.63) is 126 Å². The first-order chi connectivity index (χ1) is 19.0. The molecule has 0 spiro atoms. The molecule has 0 radical (unpaired) electrons. The number of ether oxygens (including phenoxy) is 1. The fourth-order valence-electron chi connectivity index (χ4n) is 3.85. The quantitative estimate of drug-likeness (QED) is 0.207. The van der Waals surface area contributed by atoms with Gasteiger partial charge in [-0.05, 0) is 69.2 Å².